The highest BCUT2D eigenvalue weighted by Gasteiger charge is 2.22. The summed E-state index contributed by atoms with van der Waals surface area (Å²) in [6.07, 6.45) is 0.209. The van der Waals surface area contributed by atoms with E-state index in [2.05, 4.69) is 21.2 Å². The van der Waals surface area contributed by atoms with E-state index in [0.29, 0.717) is 10.0 Å². The van der Waals surface area contributed by atoms with Crippen molar-refractivity contribution in [1.82, 2.24) is 5.32 Å². The first-order chi connectivity index (χ1) is 13.0. The maximum atomic E-state index is 12.4. The molecule has 4 nitrogen and oxygen atoms in total. The minimum Gasteiger partial charge on any atom is -0.480 e. The zero-order valence-corrected chi connectivity index (χ0v) is 16.0. The van der Waals surface area contributed by atoms with Crippen LogP contribution in [0.5, 0.6) is 0 Å². The molecule has 0 aliphatic heterocycles. The lowest BCUT2D eigenvalue weighted by Gasteiger charge is -2.15. The van der Waals surface area contributed by atoms with Crippen LogP contribution in [0.15, 0.2) is 83.3 Å². The number of hydrogen-bond donors (Lipinski definition) is 2. The summed E-state index contributed by atoms with van der Waals surface area (Å²) < 4.78 is 0.624. The van der Waals surface area contributed by atoms with Crippen molar-refractivity contribution in [3.05, 3.63) is 94.5 Å². The predicted molar refractivity (Wildman–Crippen MR) is 109 cm³/mol. The number of carbonyl (C=O) groups excluding carboxylic acids is 1. The highest BCUT2D eigenvalue weighted by atomic mass is 79.9. The normalized spacial score (nSPS) is 11.6. The molecule has 0 saturated heterocycles. The zero-order valence-electron chi connectivity index (χ0n) is 14.4. The van der Waals surface area contributed by atoms with Gasteiger partial charge in [0.25, 0.3) is 5.91 Å². The Balaban J connectivity index is 1.72. The van der Waals surface area contributed by atoms with Gasteiger partial charge in [-0.2, -0.15) is 0 Å². The van der Waals surface area contributed by atoms with E-state index in [1.807, 2.05) is 54.6 Å². The quantitative estimate of drug-likeness (QED) is 0.611. The molecule has 0 fully saturated rings. The van der Waals surface area contributed by atoms with E-state index in [0.717, 1.165) is 16.7 Å². The Kier molecular flexibility index (Phi) is 6.04. The number of aliphatic carboxylic acids is 1. The molecule has 3 aromatic rings. The third-order valence-electron chi connectivity index (χ3n) is 4.22. The molecule has 3 aromatic carbocycles. The molecule has 136 valence electrons. The number of amides is 1. The van der Waals surface area contributed by atoms with Gasteiger partial charge in [-0.05, 0) is 44.8 Å². The highest BCUT2D eigenvalue weighted by Crippen LogP contribution is 2.20. The molecular formula is C22H18BrNO3. The van der Waals surface area contributed by atoms with E-state index in [-0.39, 0.29) is 6.42 Å². The third-order valence-corrected chi connectivity index (χ3v) is 4.91. The summed E-state index contributed by atoms with van der Waals surface area (Å²) >= 11 is 3.31. The van der Waals surface area contributed by atoms with Crippen LogP contribution in [0, 0.1) is 0 Å². The molecule has 0 unspecified atom stereocenters. The van der Waals surface area contributed by atoms with Crippen LogP contribution in [0.4, 0.5) is 0 Å². The Labute approximate surface area is 166 Å². The van der Waals surface area contributed by atoms with Gasteiger partial charge in [0.15, 0.2) is 0 Å². The first kappa shape index (κ1) is 18.9. The molecule has 0 aliphatic carbocycles. The molecule has 0 heterocycles. The number of carboxylic acids is 1. The van der Waals surface area contributed by atoms with Crippen molar-refractivity contribution in [1.29, 1.82) is 0 Å². The van der Waals surface area contributed by atoms with Crippen molar-refractivity contribution in [3.8, 4) is 11.1 Å². The molecule has 2 N–H and O–H groups in total. The summed E-state index contributed by atoms with van der Waals surface area (Å²) in [4.78, 5) is 24.0. The van der Waals surface area contributed by atoms with Crippen LogP contribution in [0.25, 0.3) is 11.1 Å². The van der Waals surface area contributed by atoms with Gasteiger partial charge >= 0.3 is 5.97 Å². The lowest BCUT2D eigenvalue weighted by atomic mass is 10.0. The largest absolute Gasteiger partial charge is 0.480 e. The fourth-order valence-electron chi connectivity index (χ4n) is 2.78. The Morgan fingerprint density at radius 3 is 2.07 bits per heavy atom. The highest BCUT2D eigenvalue weighted by molar-refractivity contribution is 9.10. The van der Waals surface area contributed by atoms with Gasteiger partial charge in [-0.1, -0.05) is 66.7 Å². The van der Waals surface area contributed by atoms with E-state index in [1.165, 1.54) is 0 Å². The molecule has 0 spiro atoms. The minimum absolute atomic E-state index is 0.209. The van der Waals surface area contributed by atoms with Crippen LogP contribution in [0.1, 0.15) is 15.9 Å². The number of nitrogens with one attached hydrogen (secondary N) is 1. The smallest absolute Gasteiger partial charge is 0.326 e. The van der Waals surface area contributed by atoms with E-state index in [9.17, 15) is 14.7 Å². The van der Waals surface area contributed by atoms with Gasteiger partial charge < -0.3 is 10.4 Å². The van der Waals surface area contributed by atoms with Crippen molar-refractivity contribution >= 4 is 27.8 Å². The second kappa shape index (κ2) is 8.64. The standard InChI is InChI=1S/C22H18BrNO3/c23-19-9-5-4-8-18(19)21(25)24-20(22(26)27)14-15-10-12-17(13-11-15)16-6-2-1-3-7-16/h1-13,20H,14H2,(H,24,25)(H,26,27)/t20-/m0/s1. The molecule has 27 heavy (non-hydrogen) atoms. The van der Waals surface area contributed by atoms with Gasteiger partial charge in [0.05, 0.1) is 5.56 Å². The third kappa shape index (κ3) is 4.83. The van der Waals surface area contributed by atoms with E-state index >= 15 is 0 Å². The van der Waals surface area contributed by atoms with Crippen molar-refractivity contribution in [2.24, 2.45) is 0 Å². The topological polar surface area (TPSA) is 66.4 Å². The molecular weight excluding hydrogens is 406 g/mol. The van der Waals surface area contributed by atoms with Gasteiger partial charge in [0.1, 0.15) is 6.04 Å². The van der Waals surface area contributed by atoms with Crippen molar-refractivity contribution in [3.63, 3.8) is 0 Å². The van der Waals surface area contributed by atoms with Crippen molar-refractivity contribution < 1.29 is 14.7 Å². The average Bonchev–Trinajstić information content (AvgIpc) is 2.69. The summed E-state index contributed by atoms with van der Waals surface area (Å²) in [6.45, 7) is 0. The lowest BCUT2D eigenvalue weighted by molar-refractivity contribution is -0.139. The molecule has 0 bridgehead atoms. The molecule has 1 amide bonds. The first-order valence-corrected chi connectivity index (χ1v) is 9.26. The van der Waals surface area contributed by atoms with Crippen LogP contribution in [0.3, 0.4) is 0 Å². The molecule has 1 atom stereocenters. The summed E-state index contributed by atoms with van der Waals surface area (Å²) in [7, 11) is 0. The molecule has 5 heteroatoms. The van der Waals surface area contributed by atoms with Gasteiger partial charge in [0.2, 0.25) is 0 Å². The van der Waals surface area contributed by atoms with Gasteiger partial charge in [-0.15, -0.1) is 0 Å². The first-order valence-electron chi connectivity index (χ1n) is 8.47. The second-order valence-corrected chi connectivity index (χ2v) is 6.97. The van der Waals surface area contributed by atoms with Crippen LogP contribution in [-0.4, -0.2) is 23.0 Å². The van der Waals surface area contributed by atoms with Crippen LogP contribution >= 0.6 is 15.9 Å². The van der Waals surface area contributed by atoms with Gasteiger partial charge in [0, 0.05) is 10.9 Å². The van der Waals surface area contributed by atoms with E-state index in [1.54, 1.807) is 24.3 Å². The number of carbonyl (C=O) groups is 2. The molecule has 0 aromatic heterocycles. The fourth-order valence-corrected chi connectivity index (χ4v) is 3.25. The van der Waals surface area contributed by atoms with E-state index < -0.39 is 17.9 Å². The Morgan fingerprint density at radius 1 is 0.852 bits per heavy atom. The van der Waals surface area contributed by atoms with Crippen molar-refractivity contribution in [2.45, 2.75) is 12.5 Å². The monoisotopic (exact) mass is 423 g/mol. The lowest BCUT2D eigenvalue weighted by Crippen LogP contribution is -2.42. The van der Waals surface area contributed by atoms with Crippen LogP contribution < -0.4 is 5.32 Å². The molecule has 0 aliphatic rings. The maximum absolute atomic E-state index is 12.4. The average molecular weight is 424 g/mol. The number of benzene rings is 3. The Bertz CT molecular complexity index is 939. The number of halogens is 1. The SMILES string of the molecule is O=C(N[C@@H](Cc1ccc(-c2ccccc2)cc1)C(=O)O)c1ccccc1Br. The minimum atomic E-state index is -1.07. The van der Waals surface area contributed by atoms with Gasteiger partial charge in [-0.3, -0.25) is 4.79 Å². The predicted octanol–water partition coefficient (Wildman–Crippen LogP) is 4.54. The Hall–Kier alpha value is -2.92. The molecule has 0 saturated carbocycles. The molecule has 0 radical (unpaired) electrons. The van der Waals surface area contributed by atoms with Gasteiger partial charge in [-0.25, -0.2) is 4.79 Å². The maximum Gasteiger partial charge on any atom is 0.326 e. The summed E-state index contributed by atoms with van der Waals surface area (Å²) in [5, 5.41) is 12.1. The molecule has 3 rings (SSSR count). The number of hydrogen-bond acceptors (Lipinski definition) is 2. The van der Waals surface area contributed by atoms with E-state index in [4.69, 9.17) is 0 Å². The Morgan fingerprint density at radius 2 is 1.44 bits per heavy atom. The zero-order chi connectivity index (χ0) is 19.2. The summed E-state index contributed by atoms with van der Waals surface area (Å²) in [5.74, 6) is -1.49. The van der Waals surface area contributed by atoms with Crippen LogP contribution in [-0.2, 0) is 11.2 Å². The van der Waals surface area contributed by atoms with Crippen LogP contribution in [0.2, 0.25) is 0 Å². The number of carboxylic acid groups (broad SMARTS) is 1. The summed E-state index contributed by atoms with van der Waals surface area (Å²) in [6, 6.07) is 23.6. The number of rotatable bonds is 6. The fraction of sp³-hybridized carbons (Fsp3) is 0.0909. The van der Waals surface area contributed by atoms with Crippen molar-refractivity contribution in [2.75, 3.05) is 0 Å². The second-order valence-electron chi connectivity index (χ2n) is 6.11. The summed E-state index contributed by atoms with van der Waals surface area (Å²) in [5.41, 5.74) is 3.40.